The van der Waals surface area contributed by atoms with Gasteiger partial charge in [-0.25, -0.2) is 0 Å². The van der Waals surface area contributed by atoms with Crippen molar-refractivity contribution in [3.63, 3.8) is 0 Å². The Bertz CT molecular complexity index is 856. The Morgan fingerprint density at radius 1 is 1.04 bits per heavy atom. The van der Waals surface area contributed by atoms with Gasteiger partial charge in [-0.3, -0.25) is 0 Å². The SMILES string of the molecule is FC(F)Oc1ccc(NC(=S)N(CCc2ccccc2)Cc2cccs2)cc1. The third-order valence-corrected chi connectivity index (χ3v) is 5.28. The molecule has 3 nitrogen and oxygen atoms in total. The molecule has 0 amide bonds. The van der Waals surface area contributed by atoms with Crippen LogP contribution in [-0.2, 0) is 13.0 Å². The molecule has 3 rings (SSSR count). The average Bonchev–Trinajstić information content (AvgIpc) is 3.20. The predicted molar refractivity (Wildman–Crippen MR) is 114 cm³/mol. The number of thiophene rings is 1. The lowest BCUT2D eigenvalue weighted by Crippen LogP contribution is -2.35. The van der Waals surface area contributed by atoms with Gasteiger partial charge in [0.25, 0.3) is 0 Å². The summed E-state index contributed by atoms with van der Waals surface area (Å²) in [4.78, 5) is 3.33. The van der Waals surface area contributed by atoms with Gasteiger partial charge in [-0.05, 0) is 59.9 Å². The van der Waals surface area contributed by atoms with Crippen LogP contribution in [0.4, 0.5) is 14.5 Å². The molecule has 28 heavy (non-hydrogen) atoms. The number of nitrogens with zero attached hydrogens (tertiary/aromatic N) is 1. The molecule has 0 atom stereocenters. The van der Waals surface area contributed by atoms with Crippen molar-refractivity contribution in [3.8, 4) is 5.75 Å². The van der Waals surface area contributed by atoms with Gasteiger partial charge >= 0.3 is 6.61 Å². The topological polar surface area (TPSA) is 24.5 Å². The molecule has 1 N–H and O–H groups in total. The first-order valence-corrected chi connectivity index (χ1v) is 10.1. The van der Waals surface area contributed by atoms with E-state index in [4.69, 9.17) is 12.2 Å². The summed E-state index contributed by atoms with van der Waals surface area (Å²) >= 11 is 7.30. The molecule has 0 fully saturated rings. The Morgan fingerprint density at radius 3 is 2.43 bits per heavy atom. The molecule has 3 aromatic rings. The molecule has 0 aliphatic heterocycles. The highest BCUT2D eigenvalue weighted by Gasteiger charge is 2.12. The van der Waals surface area contributed by atoms with Gasteiger partial charge in [0, 0.05) is 17.1 Å². The van der Waals surface area contributed by atoms with Crippen molar-refractivity contribution in [3.05, 3.63) is 82.6 Å². The summed E-state index contributed by atoms with van der Waals surface area (Å²) in [5.74, 6) is 0.117. The molecule has 146 valence electrons. The minimum atomic E-state index is -2.83. The van der Waals surface area contributed by atoms with Gasteiger partial charge in [-0.2, -0.15) is 8.78 Å². The number of hydrogen-bond donors (Lipinski definition) is 1. The molecule has 0 aliphatic carbocycles. The molecule has 0 spiro atoms. The van der Waals surface area contributed by atoms with E-state index in [0.29, 0.717) is 11.7 Å². The van der Waals surface area contributed by atoms with E-state index < -0.39 is 6.61 Å². The number of anilines is 1. The van der Waals surface area contributed by atoms with E-state index in [0.717, 1.165) is 18.7 Å². The smallest absolute Gasteiger partial charge is 0.387 e. The van der Waals surface area contributed by atoms with Crippen LogP contribution >= 0.6 is 23.6 Å². The largest absolute Gasteiger partial charge is 0.435 e. The van der Waals surface area contributed by atoms with Gasteiger partial charge in [0.15, 0.2) is 5.11 Å². The maximum Gasteiger partial charge on any atom is 0.387 e. The third-order valence-electron chi connectivity index (χ3n) is 4.06. The van der Waals surface area contributed by atoms with Crippen LogP contribution in [0.2, 0.25) is 0 Å². The van der Waals surface area contributed by atoms with Gasteiger partial charge in [0.05, 0.1) is 6.54 Å². The number of halogens is 2. The minimum absolute atomic E-state index is 0.117. The van der Waals surface area contributed by atoms with Crippen LogP contribution in [0.15, 0.2) is 72.1 Å². The highest BCUT2D eigenvalue weighted by Crippen LogP contribution is 2.19. The summed E-state index contributed by atoms with van der Waals surface area (Å²) in [6, 6.07) is 20.7. The van der Waals surface area contributed by atoms with Gasteiger partial charge < -0.3 is 15.0 Å². The summed E-state index contributed by atoms with van der Waals surface area (Å²) in [6.07, 6.45) is 0.870. The van der Waals surface area contributed by atoms with Gasteiger partial charge in [0.2, 0.25) is 0 Å². The zero-order valence-electron chi connectivity index (χ0n) is 15.1. The Labute approximate surface area is 172 Å². The first-order chi connectivity index (χ1) is 13.6. The second-order valence-electron chi connectivity index (χ2n) is 6.07. The summed E-state index contributed by atoms with van der Waals surface area (Å²) in [5.41, 5.74) is 1.97. The molecular formula is C21H20F2N2OS2. The Balaban J connectivity index is 1.65. The fourth-order valence-corrected chi connectivity index (χ4v) is 3.67. The van der Waals surface area contributed by atoms with Crippen LogP contribution in [0.5, 0.6) is 5.75 Å². The van der Waals surface area contributed by atoms with Crippen LogP contribution in [0, 0.1) is 0 Å². The second-order valence-corrected chi connectivity index (χ2v) is 7.49. The van der Waals surface area contributed by atoms with Gasteiger partial charge in [0.1, 0.15) is 5.75 Å². The minimum Gasteiger partial charge on any atom is -0.435 e. The maximum absolute atomic E-state index is 12.3. The number of nitrogens with one attached hydrogen (secondary N) is 1. The standard InChI is InChI=1S/C21H20F2N2OS2/c22-20(23)26-18-10-8-17(9-11-18)24-21(27)25(15-19-7-4-14-28-19)13-12-16-5-2-1-3-6-16/h1-11,14,20H,12-13,15H2,(H,24,27). The van der Waals surface area contributed by atoms with E-state index in [-0.39, 0.29) is 5.75 Å². The van der Waals surface area contributed by atoms with Crippen molar-refractivity contribution in [2.75, 3.05) is 11.9 Å². The predicted octanol–water partition coefficient (Wildman–Crippen LogP) is 5.79. The third kappa shape index (κ3) is 6.28. The summed E-state index contributed by atoms with van der Waals surface area (Å²) in [5, 5.41) is 5.82. The molecule has 7 heteroatoms. The van der Waals surface area contributed by atoms with E-state index in [1.807, 2.05) is 29.6 Å². The van der Waals surface area contributed by atoms with Crippen molar-refractivity contribution in [2.45, 2.75) is 19.6 Å². The monoisotopic (exact) mass is 418 g/mol. The normalized spacial score (nSPS) is 10.7. The van der Waals surface area contributed by atoms with E-state index >= 15 is 0 Å². The molecule has 1 heterocycles. The van der Waals surface area contributed by atoms with E-state index in [1.54, 1.807) is 23.5 Å². The molecule has 0 unspecified atom stereocenters. The van der Waals surface area contributed by atoms with Crippen molar-refractivity contribution < 1.29 is 13.5 Å². The van der Waals surface area contributed by atoms with Crippen molar-refractivity contribution >= 4 is 34.4 Å². The lowest BCUT2D eigenvalue weighted by Gasteiger charge is -2.25. The molecule has 0 bridgehead atoms. The number of thiocarbonyl (C=S) groups is 1. The van der Waals surface area contributed by atoms with E-state index in [9.17, 15) is 8.78 Å². The van der Waals surface area contributed by atoms with Crippen LogP contribution in [0.25, 0.3) is 0 Å². The molecule has 0 saturated carbocycles. The van der Waals surface area contributed by atoms with Crippen LogP contribution in [-0.4, -0.2) is 23.2 Å². The number of hydrogen-bond acceptors (Lipinski definition) is 3. The number of benzene rings is 2. The summed E-state index contributed by atoms with van der Waals surface area (Å²) < 4.78 is 28.9. The molecule has 0 aliphatic rings. The van der Waals surface area contributed by atoms with Crippen LogP contribution in [0.1, 0.15) is 10.4 Å². The number of alkyl halides is 2. The lowest BCUT2D eigenvalue weighted by atomic mass is 10.1. The quantitative estimate of drug-likeness (QED) is 0.468. The fraction of sp³-hybridized carbons (Fsp3) is 0.190. The van der Waals surface area contributed by atoms with Crippen molar-refractivity contribution in [1.82, 2.24) is 4.90 Å². The van der Waals surface area contributed by atoms with Crippen molar-refractivity contribution in [2.24, 2.45) is 0 Å². The fourth-order valence-electron chi connectivity index (χ4n) is 2.67. The number of rotatable bonds is 8. The van der Waals surface area contributed by atoms with Crippen LogP contribution < -0.4 is 10.1 Å². The van der Waals surface area contributed by atoms with Gasteiger partial charge in [-0.1, -0.05) is 36.4 Å². The Morgan fingerprint density at radius 2 is 1.79 bits per heavy atom. The first-order valence-electron chi connectivity index (χ1n) is 8.77. The molecule has 2 aromatic carbocycles. The Hall–Kier alpha value is -2.51. The van der Waals surface area contributed by atoms with Crippen molar-refractivity contribution in [1.29, 1.82) is 0 Å². The Kier molecular flexibility index (Phi) is 7.33. The first kappa shape index (κ1) is 20.2. The van der Waals surface area contributed by atoms with E-state index in [1.165, 1.54) is 22.6 Å². The highest BCUT2D eigenvalue weighted by atomic mass is 32.1. The van der Waals surface area contributed by atoms with Gasteiger partial charge in [-0.15, -0.1) is 11.3 Å². The highest BCUT2D eigenvalue weighted by molar-refractivity contribution is 7.80. The summed E-state index contributed by atoms with van der Waals surface area (Å²) in [6.45, 7) is -1.36. The zero-order chi connectivity index (χ0) is 19.8. The maximum atomic E-state index is 12.3. The second kappa shape index (κ2) is 10.1. The molecular weight excluding hydrogens is 398 g/mol. The summed E-state index contributed by atoms with van der Waals surface area (Å²) in [7, 11) is 0. The van der Waals surface area contributed by atoms with E-state index in [2.05, 4.69) is 33.2 Å². The molecule has 0 saturated heterocycles. The number of ether oxygens (including phenoxy) is 1. The molecule has 1 aromatic heterocycles. The zero-order valence-corrected chi connectivity index (χ0v) is 16.7. The average molecular weight is 419 g/mol. The van der Waals surface area contributed by atoms with Crippen LogP contribution in [0.3, 0.4) is 0 Å². The lowest BCUT2D eigenvalue weighted by molar-refractivity contribution is -0.0498. The molecule has 0 radical (unpaired) electrons.